The fourth-order valence-electron chi connectivity index (χ4n) is 3.29. The highest BCUT2D eigenvalue weighted by Gasteiger charge is 2.16. The Hall–Kier alpha value is -2.41. The van der Waals surface area contributed by atoms with E-state index in [1.165, 1.54) is 36.6 Å². The predicted molar refractivity (Wildman–Crippen MR) is 104 cm³/mol. The van der Waals surface area contributed by atoms with Gasteiger partial charge in [-0.15, -0.1) is 11.8 Å². The number of halogens is 2. The molecule has 4 nitrogen and oxygen atoms in total. The molecule has 7 heteroatoms. The molecule has 1 heterocycles. The van der Waals surface area contributed by atoms with Crippen LogP contribution in [0.5, 0.6) is 0 Å². The van der Waals surface area contributed by atoms with Gasteiger partial charge in [-0.1, -0.05) is 12.8 Å². The molecule has 3 aromatic rings. The van der Waals surface area contributed by atoms with Gasteiger partial charge in [-0.3, -0.25) is 4.79 Å². The number of hydrogen-bond acceptors (Lipinski definition) is 3. The van der Waals surface area contributed by atoms with Crippen molar-refractivity contribution >= 4 is 34.4 Å². The van der Waals surface area contributed by atoms with Gasteiger partial charge in [0, 0.05) is 21.4 Å². The van der Waals surface area contributed by atoms with Crippen molar-refractivity contribution in [3.05, 3.63) is 53.9 Å². The lowest BCUT2D eigenvalue weighted by Crippen LogP contribution is -2.11. The minimum absolute atomic E-state index is 0.290. The van der Waals surface area contributed by atoms with Crippen LogP contribution in [-0.2, 0) is 0 Å². The van der Waals surface area contributed by atoms with Gasteiger partial charge in [0.15, 0.2) is 5.82 Å². The zero-order valence-corrected chi connectivity index (χ0v) is 15.4. The summed E-state index contributed by atoms with van der Waals surface area (Å²) in [6, 6.07) is 12.5. The summed E-state index contributed by atoms with van der Waals surface area (Å²) >= 11 is 1.90. The summed E-state index contributed by atoms with van der Waals surface area (Å²) in [5.41, 5.74) is 1.92. The number of aromatic nitrogens is 2. The number of anilines is 1. The van der Waals surface area contributed by atoms with Crippen LogP contribution >= 0.6 is 11.8 Å². The maximum Gasteiger partial charge on any atom is 0.295 e. The summed E-state index contributed by atoms with van der Waals surface area (Å²) < 4.78 is 25.5. The quantitative estimate of drug-likeness (QED) is 0.583. The van der Waals surface area contributed by atoms with Gasteiger partial charge in [0.2, 0.25) is 0 Å². The molecule has 1 aliphatic carbocycles. The smallest absolute Gasteiger partial charge is 0.295 e. The highest BCUT2D eigenvalue weighted by atomic mass is 32.2. The number of fused-ring (bicyclic) bond motifs is 1. The predicted octanol–water partition coefficient (Wildman–Crippen LogP) is 5.79. The third-order valence-corrected chi connectivity index (χ3v) is 6.04. The molecule has 0 radical (unpaired) electrons. The molecule has 0 bridgehead atoms. The van der Waals surface area contributed by atoms with Gasteiger partial charge in [0.05, 0.1) is 11.0 Å². The normalized spacial score (nSPS) is 14.9. The topological polar surface area (TPSA) is 57.8 Å². The third kappa shape index (κ3) is 4.13. The SMILES string of the molecule is O=C(Nc1ccc(SC2CCCC2)cc1)c1ccc2nc(C(F)F)[nH]c2c1. The third-order valence-electron chi connectivity index (χ3n) is 4.69. The average molecular weight is 387 g/mol. The molecule has 0 atom stereocenters. The highest BCUT2D eigenvalue weighted by molar-refractivity contribution is 8.00. The van der Waals surface area contributed by atoms with Crippen LogP contribution in [-0.4, -0.2) is 21.1 Å². The lowest BCUT2D eigenvalue weighted by atomic mass is 10.2. The van der Waals surface area contributed by atoms with E-state index in [2.05, 4.69) is 15.3 Å². The molecule has 27 heavy (non-hydrogen) atoms. The van der Waals surface area contributed by atoms with Crippen LogP contribution in [0.1, 0.15) is 48.3 Å². The minimum Gasteiger partial charge on any atom is -0.337 e. The summed E-state index contributed by atoms with van der Waals surface area (Å²) in [6.07, 6.45) is 2.49. The van der Waals surface area contributed by atoms with Crippen molar-refractivity contribution in [3.8, 4) is 0 Å². The molecule has 2 aromatic carbocycles. The molecule has 0 spiro atoms. The first kappa shape index (κ1) is 18.0. The van der Waals surface area contributed by atoms with Crippen molar-refractivity contribution in [2.24, 2.45) is 0 Å². The maximum absolute atomic E-state index is 12.7. The molecule has 4 rings (SSSR count). The number of rotatable bonds is 5. The molecule has 1 aliphatic rings. The van der Waals surface area contributed by atoms with Crippen LogP contribution in [0.3, 0.4) is 0 Å². The Balaban J connectivity index is 1.44. The van der Waals surface area contributed by atoms with Gasteiger partial charge in [-0.25, -0.2) is 13.8 Å². The van der Waals surface area contributed by atoms with E-state index in [1.807, 2.05) is 36.0 Å². The second kappa shape index (κ2) is 7.68. The Kier molecular flexibility index (Phi) is 5.11. The Labute approximate surface area is 159 Å². The highest BCUT2D eigenvalue weighted by Crippen LogP contribution is 2.35. The van der Waals surface area contributed by atoms with E-state index in [0.29, 0.717) is 27.5 Å². The van der Waals surface area contributed by atoms with Crippen molar-refractivity contribution in [1.29, 1.82) is 0 Å². The number of benzene rings is 2. The van der Waals surface area contributed by atoms with Crippen LogP contribution in [0.25, 0.3) is 11.0 Å². The van der Waals surface area contributed by atoms with Gasteiger partial charge >= 0.3 is 0 Å². The van der Waals surface area contributed by atoms with E-state index in [-0.39, 0.29) is 5.91 Å². The number of nitrogens with zero attached hydrogens (tertiary/aromatic N) is 1. The molecule has 1 aromatic heterocycles. The molecule has 1 saturated carbocycles. The van der Waals surface area contributed by atoms with E-state index in [4.69, 9.17) is 0 Å². The lowest BCUT2D eigenvalue weighted by Gasteiger charge is -2.10. The number of carbonyl (C=O) groups excluding carboxylic acids is 1. The van der Waals surface area contributed by atoms with Gasteiger partial charge in [0.1, 0.15) is 0 Å². The Morgan fingerprint density at radius 2 is 1.89 bits per heavy atom. The first-order chi connectivity index (χ1) is 13.1. The number of nitrogens with one attached hydrogen (secondary N) is 2. The second-order valence-corrected chi connectivity index (χ2v) is 8.03. The van der Waals surface area contributed by atoms with Crippen LogP contribution < -0.4 is 5.32 Å². The first-order valence-electron chi connectivity index (χ1n) is 8.94. The molecule has 140 valence electrons. The fourth-order valence-corrected chi connectivity index (χ4v) is 4.54. The summed E-state index contributed by atoms with van der Waals surface area (Å²) in [6.45, 7) is 0. The molecule has 0 unspecified atom stereocenters. The van der Waals surface area contributed by atoms with Crippen LogP contribution in [0.2, 0.25) is 0 Å². The van der Waals surface area contributed by atoms with Gasteiger partial charge in [-0.05, 0) is 55.3 Å². The monoisotopic (exact) mass is 387 g/mol. The molecule has 2 N–H and O–H groups in total. The molecule has 0 aliphatic heterocycles. The van der Waals surface area contributed by atoms with Gasteiger partial charge < -0.3 is 10.3 Å². The maximum atomic E-state index is 12.7. The van der Waals surface area contributed by atoms with Crippen LogP contribution in [0.15, 0.2) is 47.4 Å². The number of aromatic amines is 1. The number of thioether (sulfide) groups is 1. The number of hydrogen-bond donors (Lipinski definition) is 2. The molecule has 1 amide bonds. The molecule has 0 saturated heterocycles. The Bertz CT molecular complexity index is 950. The van der Waals surface area contributed by atoms with Crippen LogP contribution in [0.4, 0.5) is 14.5 Å². The van der Waals surface area contributed by atoms with Gasteiger partial charge in [-0.2, -0.15) is 0 Å². The number of carbonyl (C=O) groups is 1. The van der Waals surface area contributed by atoms with Crippen molar-refractivity contribution < 1.29 is 13.6 Å². The Morgan fingerprint density at radius 1 is 1.15 bits per heavy atom. The van der Waals surface area contributed by atoms with E-state index >= 15 is 0 Å². The zero-order valence-electron chi connectivity index (χ0n) is 14.5. The number of imidazole rings is 1. The van der Waals surface area contributed by atoms with E-state index in [1.54, 1.807) is 12.1 Å². The average Bonchev–Trinajstić information content (AvgIpc) is 3.32. The number of H-pyrrole nitrogens is 1. The summed E-state index contributed by atoms with van der Waals surface area (Å²) in [4.78, 5) is 20.0. The zero-order chi connectivity index (χ0) is 18.8. The Morgan fingerprint density at radius 3 is 2.59 bits per heavy atom. The van der Waals surface area contributed by atoms with Gasteiger partial charge in [0.25, 0.3) is 12.3 Å². The fraction of sp³-hybridized carbons (Fsp3) is 0.300. The second-order valence-electron chi connectivity index (χ2n) is 6.66. The molecular formula is C20H19F2N3OS. The summed E-state index contributed by atoms with van der Waals surface area (Å²) in [5, 5.41) is 3.54. The first-order valence-corrected chi connectivity index (χ1v) is 9.82. The standard InChI is InChI=1S/C20H19F2N3OS/c21-18(22)19-24-16-10-5-12(11-17(16)25-19)20(26)23-13-6-8-15(9-7-13)27-14-3-1-2-4-14/h5-11,14,18H,1-4H2,(H,23,26)(H,24,25). The summed E-state index contributed by atoms with van der Waals surface area (Å²) in [7, 11) is 0. The largest absolute Gasteiger partial charge is 0.337 e. The van der Waals surface area contributed by atoms with Crippen molar-refractivity contribution in [2.45, 2.75) is 42.3 Å². The van der Waals surface area contributed by atoms with Crippen molar-refractivity contribution in [3.63, 3.8) is 0 Å². The van der Waals surface area contributed by atoms with E-state index < -0.39 is 12.2 Å². The van der Waals surface area contributed by atoms with E-state index in [9.17, 15) is 13.6 Å². The lowest BCUT2D eigenvalue weighted by molar-refractivity contribution is 0.102. The van der Waals surface area contributed by atoms with E-state index in [0.717, 1.165) is 0 Å². The van der Waals surface area contributed by atoms with Crippen LogP contribution in [0, 0.1) is 0 Å². The number of amides is 1. The number of alkyl halides is 2. The molecule has 1 fully saturated rings. The van der Waals surface area contributed by atoms with Crippen molar-refractivity contribution in [1.82, 2.24) is 9.97 Å². The minimum atomic E-state index is -2.67. The summed E-state index contributed by atoms with van der Waals surface area (Å²) in [5.74, 6) is -0.681. The molecular weight excluding hydrogens is 368 g/mol. The van der Waals surface area contributed by atoms with Crippen molar-refractivity contribution in [2.75, 3.05) is 5.32 Å².